The maximum atomic E-state index is 11.6. The Morgan fingerprint density at radius 1 is 0.231 bits per heavy atom. The Balaban J connectivity index is 1.25. The van der Waals surface area contributed by atoms with Gasteiger partial charge in [-0.15, -0.1) is 0 Å². The quantitative estimate of drug-likeness (QED) is 0.0725. The summed E-state index contributed by atoms with van der Waals surface area (Å²) in [5, 5.41) is 7.79. The van der Waals surface area contributed by atoms with E-state index < -0.39 is 0 Å². The first-order valence-electron chi connectivity index (χ1n) is 20.4. The van der Waals surface area contributed by atoms with Crippen molar-refractivity contribution >= 4 is 85.3 Å². The summed E-state index contributed by atoms with van der Waals surface area (Å²) in [5.41, 5.74) is 2.47. The molecule has 310 valence electrons. The van der Waals surface area contributed by atoms with Crippen LogP contribution in [0.2, 0.25) is 0 Å². The summed E-state index contributed by atoms with van der Waals surface area (Å²) in [6.45, 7) is 0. The molecule has 0 fully saturated rings. The summed E-state index contributed by atoms with van der Waals surface area (Å²) in [6.07, 6.45) is 3.84. The first-order chi connectivity index (χ1) is 31.9. The van der Waals surface area contributed by atoms with Gasteiger partial charge in [0.25, 0.3) is 0 Å². The Morgan fingerprint density at radius 3 is 0.523 bits per heavy atom. The van der Waals surface area contributed by atoms with Crippen molar-refractivity contribution in [3.05, 3.63) is 179 Å². The van der Waals surface area contributed by atoms with Crippen LogP contribution in [0.15, 0.2) is 152 Å². The van der Waals surface area contributed by atoms with Crippen molar-refractivity contribution in [3.8, 4) is 57.5 Å². The minimum atomic E-state index is 0.471. The molecule has 0 heterocycles. The molecule has 0 unspecified atom stereocenters. The van der Waals surface area contributed by atoms with Gasteiger partial charge in [0.1, 0.15) is 88.9 Å². The molecule has 0 saturated heterocycles. The van der Waals surface area contributed by atoms with E-state index in [1.54, 1.807) is 121 Å². The maximum Gasteiger partial charge on any atom is 0.150 e. The number of hydrogen-bond acceptors (Lipinski definition) is 10. The molecular weight excluding hydrogens is 821 g/mol. The largest absolute Gasteiger partial charge is 0.457 e. The van der Waals surface area contributed by atoms with Gasteiger partial charge >= 0.3 is 0 Å². The molecule has 0 atom stereocenters. The highest BCUT2D eigenvalue weighted by molar-refractivity contribution is 6.47. The van der Waals surface area contributed by atoms with Gasteiger partial charge in [-0.3, -0.25) is 24.0 Å². The van der Waals surface area contributed by atoms with E-state index in [-0.39, 0.29) is 0 Å². The Morgan fingerprint density at radius 2 is 0.385 bits per heavy atom. The second-order valence-corrected chi connectivity index (χ2v) is 15.4. The van der Waals surface area contributed by atoms with Crippen LogP contribution in [-0.2, 0) is 0 Å². The van der Waals surface area contributed by atoms with Gasteiger partial charge < -0.3 is 23.7 Å². The van der Waals surface area contributed by atoms with Gasteiger partial charge in [-0.1, -0.05) is 0 Å². The molecule has 0 radical (unpaired) electrons. The van der Waals surface area contributed by atoms with Gasteiger partial charge in [0.15, 0.2) is 0 Å². The molecule has 65 heavy (non-hydrogen) atoms. The van der Waals surface area contributed by atoms with E-state index >= 15 is 0 Å². The number of aldehydes is 5. The second kappa shape index (κ2) is 15.6. The molecule has 0 aliphatic carbocycles. The SMILES string of the molecule is O=Cc1ccc(Oc2cc3c(Oc4ccc(C=O)cc4)cc4c(Oc5ccc(C=O)cc5)cc5c(Oc6ccc(C=O)cc6)cc6c(Oc7ccc(C=O)cc7)cc2c2c6c5c4c32)cc1. The molecule has 11 aromatic rings. The van der Waals surface area contributed by atoms with Gasteiger partial charge in [-0.25, -0.2) is 0 Å². The van der Waals surface area contributed by atoms with Gasteiger partial charge in [0.2, 0.25) is 0 Å². The van der Waals surface area contributed by atoms with Gasteiger partial charge in [0.05, 0.1) is 0 Å². The lowest BCUT2D eigenvalue weighted by atomic mass is 9.97. The average molecular weight is 851 g/mol. The molecule has 0 aromatic heterocycles. The van der Waals surface area contributed by atoms with Crippen molar-refractivity contribution in [2.75, 3.05) is 0 Å². The second-order valence-electron chi connectivity index (χ2n) is 15.4. The Kier molecular flexibility index (Phi) is 9.32. The number of carbonyl (C=O) groups excluding carboxylic acids is 5. The molecule has 0 bridgehead atoms. The fraction of sp³-hybridized carbons (Fsp3) is 0. The van der Waals surface area contributed by atoms with E-state index in [1.165, 1.54) is 0 Å². The molecule has 0 aliphatic heterocycles. The zero-order valence-corrected chi connectivity index (χ0v) is 33.9. The Labute approximate surface area is 368 Å². The summed E-state index contributed by atoms with van der Waals surface area (Å²) < 4.78 is 33.7. The summed E-state index contributed by atoms with van der Waals surface area (Å²) >= 11 is 0. The summed E-state index contributed by atoms with van der Waals surface area (Å²) in [5.74, 6) is 4.78. The standard InChI is InChI=1S/C55H30O10/c56-26-31-1-11-36(12-2-31)61-46-21-42-48(63-38-15-5-33(28-58)6-16-38)23-44-50(65-40-19-9-35(30-60)10-20-40)25-45-49(64-39-17-7-34(29-59)8-18-39)24-43-47(62-37-13-3-32(27-57)4-14-37)22-41(46)51-52(42)54(44)55(45)53(43)51/h1-30H. The predicted octanol–water partition coefficient (Wildman–Crippen LogP) is 13.8. The van der Waals surface area contributed by atoms with E-state index in [4.69, 9.17) is 23.7 Å². The summed E-state index contributed by atoms with van der Waals surface area (Å²) in [6, 6.07) is 43.7. The van der Waals surface area contributed by atoms with Crippen molar-refractivity contribution in [1.29, 1.82) is 0 Å². The maximum absolute atomic E-state index is 11.6. The molecule has 0 N–H and O–H groups in total. The topological polar surface area (TPSA) is 132 Å². The monoisotopic (exact) mass is 850 g/mol. The van der Waals surface area contributed by atoms with E-state index in [0.717, 1.165) is 58.4 Å². The summed E-state index contributed by atoms with van der Waals surface area (Å²) in [7, 11) is 0. The van der Waals surface area contributed by atoms with Crippen LogP contribution < -0.4 is 23.7 Å². The highest BCUT2D eigenvalue weighted by atomic mass is 16.5. The molecule has 0 saturated carbocycles. The Bertz CT molecular complexity index is 3030. The number of benzene rings is 10. The molecule has 0 aliphatic rings. The molecular formula is C55H30O10. The van der Waals surface area contributed by atoms with Crippen LogP contribution in [0.5, 0.6) is 57.5 Å². The number of rotatable bonds is 15. The lowest BCUT2D eigenvalue weighted by molar-refractivity contribution is 0.111. The molecule has 0 amide bonds. The fourth-order valence-corrected chi connectivity index (χ4v) is 8.48. The molecule has 11 aromatic carbocycles. The van der Waals surface area contributed by atoms with Crippen LogP contribution in [0.25, 0.3) is 53.9 Å². The van der Waals surface area contributed by atoms with E-state index in [2.05, 4.69) is 0 Å². The van der Waals surface area contributed by atoms with Crippen molar-refractivity contribution in [3.63, 3.8) is 0 Å². The predicted molar refractivity (Wildman–Crippen MR) is 247 cm³/mol. The third-order valence-corrected chi connectivity index (χ3v) is 11.5. The molecule has 10 heteroatoms. The lowest BCUT2D eigenvalue weighted by Gasteiger charge is -2.17. The van der Waals surface area contributed by atoms with Crippen LogP contribution in [0, 0.1) is 0 Å². The Hall–Kier alpha value is -9.15. The van der Waals surface area contributed by atoms with E-state index in [0.29, 0.717) is 112 Å². The molecule has 11 rings (SSSR count). The van der Waals surface area contributed by atoms with E-state index in [9.17, 15) is 24.0 Å². The number of carbonyl (C=O) groups is 5. The zero-order chi connectivity index (χ0) is 44.2. The third-order valence-electron chi connectivity index (χ3n) is 11.5. The smallest absolute Gasteiger partial charge is 0.150 e. The third kappa shape index (κ3) is 6.73. The van der Waals surface area contributed by atoms with Gasteiger partial charge in [-0.05, 0) is 152 Å². The number of ether oxygens (including phenoxy) is 5. The van der Waals surface area contributed by atoms with Crippen molar-refractivity contribution in [2.24, 2.45) is 0 Å². The highest BCUT2D eigenvalue weighted by Gasteiger charge is 2.30. The first kappa shape index (κ1) is 38.7. The van der Waals surface area contributed by atoms with Crippen molar-refractivity contribution in [1.82, 2.24) is 0 Å². The minimum Gasteiger partial charge on any atom is -0.457 e. The summed E-state index contributed by atoms with van der Waals surface area (Å²) in [4.78, 5) is 57.9. The zero-order valence-electron chi connectivity index (χ0n) is 33.9. The van der Waals surface area contributed by atoms with E-state index in [1.807, 2.05) is 30.3 Å². The van der Waals surface area contributed by atoms with Crippen LogP contribution in [0.1, 0.15) is 51.8 Å². The van der Waals surface area contributed by atoms with Gasteiger partial charge in [-0.2, -0.15) is 0 Å². The molecule has 10 nitrogen and oxygen atoms in total. The first-order valence-corrected chi connectivity index (χ1v) is 20.4. The van der Waals surface area contributed by atoms with Crippen molar-refractivity contribution < 1.29 is 47.7 Å². The highest BCUT2D eigenvalue weighted by Crippen LogP contribution is 2.59. The van der Waals surface area contributed by atoms with Crippen LogP contribution in [0.4, 0.5) is 0 Å². The van der Waals surface area contributed by atoms with Crippen molar-refractivity contribution in [2.45, 2.75) is 0 Å². The van der Waals surface area contributed by atoms with Crippen LogP contribution in [-0.4, -0.2) is 31.4 Å². The van der Waals surface area contributed by atoms with Crippen LogP contribution in [0.3, 0.4) is 0 Å². The average Bonchev–Trinajstić information content (AvgIpc) is 3.71. The normalized spacial score (nSPS) is 11.4. The van der Waals surface area contributed by atoms with Gasteiger partial charge in [0, 0.05) is 81.7 Å². The lowest BCUT2D eigenvalue weighted by Crippen LogP contribution is -1.93. The fourth-order valence-electron chi connectivity index (χ4n) is 8.48. The number of hydrogen-bond donors (Lipinski definition) is 0. The molecule has 0 spiro atoms. The minimum absolute atomic E-state index is 0.471. The van der Waals surface area contributed by atoms with Crippen LogP contribution >= 0.6 is 0 Å².